The number of benzene rings is 1. The molecule has 0 aromatic heterocycles. The Morgan fingerprint density at radius 2 is 2.19 bits per heavy atom. The van der Waals surface area contributed by atoms with Gasteiger partial charge in [0.05, 0.1) is 12.7 Å². The Hall–Kier alpha value is -0.730. The zero-order valence-corrected chi connectivity index (χ0v) is 10.4. The van der Waals surface area contributed by atoms with Crippen LogP contribution in [0.5, 0.6) is 5.75 Å². The smallest absolute Gasteiger partial charge is 0.128 e. The van der Waals surface area contributed by atoms with Crippen molar-refractivity contribution in [1.82, 2.24) is 0 Å². The molecule has 1 aromatic carbocycles. The van der Waals surface area contributed by atoms with E-state index in [1.807, 2.05) is 12.1 Å². The number of halogens is 1. The summed E-state index contributed by atoms with van der Waals surface area (Å²) in [6.07, 6.45) is 1.14. The van der Waals surface area contributed by atoms with Gasteiger partial charge in [0, 0.05) is 17.0 Å². The van der Waals surface area contributed by atoms with Crippen LogP contribution in [0.2, 0.25) is 5.02 Å². The molecule has 0 saturated carbocycles. The summed E-state index contributed by atoms with van der Waals surface area (Å²) in [5.41, 5.74) is 1.96. The molecule has 88 valence electrons. The van der Waals surface area contributed by atoms with Crippen LogP contribution in [0.1, 0.15) is 37.5 Å². The van der Waals surface area contributed by atoms with Gasteiger partial charge in [0.1, 0.15) is 5.75 Å². The van der Waals surface area contributed by atoms with Gasteiger partial charge >= 0.3 is 0 Å². The first-order valence-corrected chi connectivity index (χ1v) is 6.09. The van der Waals surface area contributed by atoms with Crippen molar-refractivity contribution in [3.05, 3.63) is 28.3 Å². The highest BCUT2D eigenvalue weighted by Gasteiger charge is 2.22. The van der Waals surface area contributed by atoms with Gasteiger partial charge in [0.15, 0.2) is 0 Å². The summed E-state index contributed by atoms with van der Waals surface area (Å²) in [4.78, 5) is 0. The Morgan fingerprint density at radius 3 is 2.88 bits per heavy atom. The summed E-state index contributed by atoms with van der Waals surface area (Å²) < 4.78 is 5.57. The van der Waals surface area contributed by atoms with Gasteiger partial charge in [0.25, 0.3) is 0 Å². The molecule has 0 aliphatic carbocycles. The second-order valence-corrected chi connectivity index (χ2v) is 5.16. The molecule has 0 spiro atoms. The minimum Gasteiger partial charge on any atom is -0.493 e. The van der Waals surface area contributed by atoms with Gasteiger partial charge in [-0.25, -0.2) is 0 Å². The molecule has 0 amide bonds. The van der Waals surface area contributed by atoms with E-state index in [2.05, 4.69) is 13.8 Å². The number of ether oxygens (including phenoxy) is 1. The second-order valence-electron chi connectivity index (χ2n) is 4.73. The molecule has 2 nitrogen and oxygen atoms in total. The lowest BCUT2D eigenvalue weighted by Gasteiger charge is -2.16. The van der Waals surface area contributed by atoms with Gasteiger partial charge in [0.2, 0.25) is 0 Å². The highest BCUT2D eigenvalue weighted by molar-refractivity contribution is 6.30. The Kier molecular flexibility index (Phi) is 3.41. The summed E-state index contributed by atoms with van der Waals surface area (Å²) in [6.45, 7) is 4.88. The van der Waals surface area contributed by atoms with Crippen molar-refractivity contribution in [2.24, 2.45) is 5.92 Å². The predicted octanol–water partition coefficient (Wildman–Crippen LogP) is 3.35. The van der Waals surface area contributed by atoms with Crippen molar-refractivity contribution in [2.75, 3.05) is 6.61 Å². The van der Waals surface area contributed by atoms with E-state index < -0.39 is 6.10 Å². The van der Waals surface area contributed by atoms with E-state index in [0.29, 0.717) is 17.5 Å². The number of aliphatic hydroxyl groups is 1. The van der Waals surface area contributed by atoms with Gasteiger partial charge in [-0.15, -0.1) is 0 Å². The highest BCUT2D eigenvalue weighted by atomic mass is 35.5. The second kappa shape index (κ2) is 4.64. The van der Waals surface area contributed by atoms with Crippen LogP contribution in [0, 0.1) is 5.92 Å². The van der Waals surface area contributed by atoms with Crippen molar-refractivity contribution in [1.29, 1.82) is 0 Å². The fraction of sp³-hybridized carbons (Fsp3) is 0.538. The molecule has 0 saturated heterocycles. The van der Waals surface area contributed by atoms with Crippen molar-refractivity contribution < 1.29 is 9.84 Å². The maximum absolute atomic E-state index is 10.1. The summed E-state index contributed by atoms with van der Waals surface area (Å²) >= 11 is 6.04. The molecule has 0 radical (unpaired) electrons. The molecule has 1 aromatic rings. The minimum absolute atomic E-state index is 0.450. The van der Waals surface area contributed by atoms with Gasteiger partial charge < -0.3 is 9.84 Å². The van der Waals surface area contributed by atoms with Crippen molar-refractivity contribution in [3.63, 3.8) is 0 Å². The third-order valence-corrected chi connectivity index (χ3v) is 3.05. The van der Waals surface area contributed by atoms with E-state index in [9.17, 15) is 5.11 Å². The van der Waals surface area contributed by atoms with E-state index in [4.69, 9.17) is 16.3 Å². The Bertz CT molecular complexity index is 388. The van der Waals surface area contributed by atoms with E-state index in [0.717, 1.165) is 29.7 Å². The lowest BCUT2D eigenvalue weighted by atomic mass is 9.97. The topological polar surface area (TPSA) is 29.5 Å². The average Bonchev–Trinajstić information content (AvgIpc) is 2.62. The SMILES string of the molecule is CC(C)CC(O)c1cc(Cl)cc2c1OCC2. The molecule has 1 heterocycles. The molecular weight excluding hydrogens is 224 g/mol. The van der Waals surface area contributed by atoms with Crippen LogP contribution in [-0.2, 0) is 6.42 Å². The number of hydrogen-bond donors (Lipinski definition) is 1. The highest BCUT2D eigenvalue weighted by Crippen LogP contribution is 2.38. The number of aliphatic hydroxyl groups excluding tert-OH is 1. The number of rotatable bonds is 3. The quantitative estimate of drug-likeness (QED) is 0.878. The van der Waals surface area contributed by atoms with E-state index in [1.165, 1.54) is 0 Å². The summed E-state index contributed by atoms with van der Waals surface area (Å²) in [5.74, 6) is 1.29. The first kappa shape index (κ1) is 11.7. The molecule has 1 unspecified atom stereocenters. The van der Waals surface area contributed by atoms with Gasteiger partial charge in [-0.2, -0.15) is 0 Å². The van der Waals surface area contributed by atoms with Gasteiger partial charge in [-0.3, -0.25) is 0 Å². The molecule has 1 N–H and O–H groups in total. The molecule has 0 bridgehead atoms. The standard InChI is InChI=1S/C13H17ClO2/c1-8(2)5-12(15)11-7-10(14)6-9-3-4-16-13(9)11/h6-8,12,15H,3-5H2,1-2H3. The monoisotopic (exact) mass is 240 g/mol. The molecule has 16 heavy (non-hydrogen) atoms. The number of hydrogen-bond acceptors (Lipinski definition) is 2. The fourth-order valence-corrected chi connectivity index (χ4v) is 2.37. The first-order chi connectivity index (χ1) is 7.58. The summed E-state index contributed by atoms with van der Waals surface area (Å²) in [7, 11) is 0. The lowest BCUT2D eigenvalue weighted by Crippen LogP contribution is -2.04. The fourth-order valence-electron chi connectivity index (χ4n) is 2.12. The van der Waals surface area contributed by atoms with Crippen molar-refractivity contribution in [3.8, 4) is 5.75 Å². The maximum Gasteiger partial charge on any atom is 0.128 e. The zero-order valence-electron chi connectivity index (χ0n) is 9.66. The Balaban J connectivity index is 2.33. The summed E-state index contributed by atoms with van der Waals surface area (Å²) in [5, 5.41) is 10.8. The van der Waals surface area contributed by atoms with Crippen LogP contribution in [0.3, 0.4) is 0 Å². The molecule has 3 heteroatoms. The van der Waals surface area contributed by atoms with E-state index in [-0.39, 0.29) is 0 Å². The normalized spacial score (nSPS) is 16.1. The average molecular weight is 241 g/mol. The van der Waals surface area contributed by atoms with Crippen LogP contribution < -0.4 is 4.74 Å². The molecule has 1 aliphatic heterocycles. The van der Waals surface area contributed by atoms with Crippen molar-refractivity contribution >= 4 is 11.6 Å². The molecule has 2 rings (SSSR count). The Labute approximate surface area is 101 Å². The van der Waals surface area contributed by atoms with Crippen LogP contribution in [-0.4, -0.2) is 11.7 Å². The first-order valence-electron chi connectivity index (χ1n) is 5.71. The molecule has 1 aliphatic rings. The predicted molar refractivity (Wildman–Crippen MR) is 65.1 cm³/mol. The van der Waals surface area contributed by atoms with Crippen LogP contribution in [0.25, 0.3) is 0 Å². The lowest BCUT2D eigenvalue weighted by molar-refractivity contribution is 0.147. The number of fused-ring (bicyclic) bond motifs is 1. The molecule has 1 atom stereocenters. The van der Waals surface area contributed by atoms with Crippen molar-refractivity contribution in [2.45, 2.75) is 32.8 Å². The van der Waals surface area contributed by atoms with Crippen LogP contribution in [0.15, 0.2) is 12.1 Å². The minimum atomic E-state index is -0.481. The largest absolute Gasteiger partial charge is 0.493 e. The van der Waals surface area contributed by atoms with E-state index >= 15 is 0 Å². The van der Waals surface area contributed by atoms with E-state index in [1.54, 1.807) is 0 Å². The Morgan fingerprint density at radius 1 is 1.44 bits per heavy atom. The van der Waals surface area contributed by atoms with Gasteiger partial charge in [-0.1, -0.05) is 25.4 Å². The van der Waals surface area contributed by atoms with Crippen LogP contribution in [0.4, 0.5) is 0 Å². The molecule has 0 fully saturated rings. The third kappa shape index (κ3) is 2.33. The zero-order chi connectivity index (χ0) is 11.7. The maximum atomic E-state index is 10.1. The van der Waals surface area contributed by atoms with Crippen LogP contribution >= 0.6 is 11.6 Å². The summed E-state index contributed by atoms with van der Waals surface area (Å²) in [6, 6.07) is 3.74. The van der Waals surface area contributed by atoms with Gasteiger partial charge in [-0.05, 0) is 30.0 Å². The molecular formula is C13H17ClO2. The third-order valence-electron chi connectivity index (χ3n) is 2.83.